The minimum Gasteiger partial charge on any atom is -0.364 e. The van der Waals surface area contributed by atoms with Crippen molar-refractivity contribution in [1.29, 1.82) is 5.26 Å². The second-order valence-corrected chi connectivity index (χ2v) is 3.41. The van der Waals surface area contributed by atoms with Crippen LogP contribution in [0.5, 0.6) is 0 Å². The molecule has 0 aliphatic rings. The van der Waals surface area contributed by atoms with Gasteiger partial charge in [0.1, 0.15) is 5.82 Å². The van der Waals surface area contributed by atoms with Gasteiger partial charge >= 0.3 is 0 Å². The van der Waals surface area contributed by atoms with E-state index in [-0.39, 0.29) is 5.82 Å². The molecule has 0 saturated carbocycles. The number of alkyl halides is 2. The summed E-state index contributed by atoms with van der Waals surface area (Å²) >= 11 is 0. The molecule has 0 unspecified atom stereocenters. The first-order valence-electron chi connectivity index (χ1n) is 4.67. The summed E-state index contributed by atoms with van der Waals surface area (Å²) in [5, 5.41) is 11.1. The van der Waals surface area contributed by atoms with Crippen molar-refractivity contribution in [2.45, 2.75) is 12.8 Å². The van der Waals surface area contributed by atoms with E-state index < -0.39 is 19.0 Å². The van der Waals surface area contributed by atoms with Gasteiger partial charge in [-0.1, -0.05) is 0 Å². The highest BCUT2D eigenvalue weighted by Crippen LogP contribution is 2.14. The van der Waals surface area contributed by atoms with Crippen molar-refractivity contribution < 1.29 is 8.78 Å². The van der Waals surface area contributed by atoms with E-state index in [0.717, 1.165) is 0 Å². The van der Waals surface area contributed by atoms with Gasteiger partial charge in [-0.3, -0.25) is 0 Å². The molecule has 6 heteroatoms. The number of nitrogens with one attached hydrogen (secondary N) is 1. The van der Waals surface area contributed by atoms with Crippen molar-refractivity contribution in [2.24, 2.45) is 5.73 Å². The molecular weight excluding hydrogens is 214 g/mol. The molecule has 1 aromatic heterocycles. The van der Waals surface area contributed by atoms with Crippen molar-refractivity contribution >= 4 is 5.82 Å². The summed E-state index contributed by atoms with van der Waals surface area (Å²) in [4.78, 5) is 3.98. The number of nitrogens with two attached hydrogens (primary N) is 1. The van der Waals surface area contributed by atoms with Crippen LogP contribution in [0.1, 0.15) is 11.3 Å². The highest BCUT2D eigenvalue weighted by atomic mass is 19.3. The van der Waals surface area contributed by atoms with Crippen LogP contribution >= 0.6 is 0 Å². The molecule has 0 amide bonds. The maximum atomic E-state index is 12.8. The summed E-state index contributed by atoms with van der Waals surface area (Å²) in [7, 11) is 0. The molecule has 0 aliphatic carbocycles. The van der Waals surface area contributed by atoms with Crippen molar-refractivity contribution in [1.82, 2.24) is 4.98 Å². The molecule has 4 nitrogen and oxygen atoms in total. The van der Waals surface area contributed by atoms with E-state index in [2.05, 4.69) is 10.3 Å². The second-order valence-electron chi connectivity index (χ2n) is 3.41. The monoisotopic (exact) mass is 226 g/mol. The van der Waals surface area contributed by atoms with Gasteiger partial charge in [-0.15, -0.1) is 0 Å². The molecule has 16 heavy (non-hydrogen) atoms. The van der Waals surface area contributed by atoms with E-state index in [1.807, 2.05) is 6.07 Å². The molecule has 1 aromatic rings. The van der Waals surface area contributed by atoms with Crippen molar-refractivity contribution in [3.8, 4) is 6.07 Å². The van der Waals surface area contributed by atoms with Gasteiger partial charge in [-0.05, 0) is 19.1 Å². The lowest BCUT2D eigenvalue weighted by Gasteiger charge is -2.15. The Bertz CT molecular complexity index is 412. The normalized spacial score (nSPS) is 10.9. The summed E-state index contributed by atoms with van der Waals surface area (Å²) in [5.74, 6) is -2.72. The Balaban J connectivity index is 2.75. The molecule has 0 aromatic carbocycles. The number of aromatic nitrogens is 1. The van der Waals surface area contributed by atoms with E-state index >= 15 is 0 Å². The lowest BCUT2D eigenvalue weighted by molar-refractivity contribution is 0.0253. The number of rotatable bonds is 4. The van der Waals surface area contributed by atoms with Gasteiger partial charge in [0.05, 0.1) is 24.7 Å². The molecular formula is C10H12F2N4. The Morgan fingerprint density at radius 2 is 2.25 bits per heavy atom. The first-order chi connectivity index (χ1) is 7.46. The van der Waals surface area contributed by atoms with Crippen LogP contribution in [0.4, 0.5) is 14.6 Å². The lowest BCUT2D eigenvalue weighted by atomic mass is 10.2. The summed E-state index contributed by atoms with van der Waals surface area (Å²) < 4.78 is 25.7. The zero-order valence-electron chi connectivity index (χ0n) is 8.80. The minimum atomic E-state index is -2.97. The Morgan fingerprint density at radius 1 is 1.56 bits per heavy atom. The Hall–Kier alpha value is -1.74. The predicted molar refractivity (Wildman–Crippen MR) is 56.2 cm³/mol. The molecule has 0 radical (unpaired) electrons. The highest BCUT2D eigenvalue weighted by molar-refractivity contribution is 5.44. The van der Waals surface area contributed by atoms with Crippen molar-refractivity contribution in [3.05, 3.63) is 23.4 Å². The zero-order chi connectivity index (χ0) is 12.2. The van der Waals surface area contributed by atoms with Gasteiger partial charge in [-0.2, -0.15) is 5.26 Å². The fourth-order valence-electron chi connectivity index (χ4n) is 1.12. The Labute approximate surface area is 92.1 Å². The fourth-order valence-corrected chi connectivity index (χ4v) is 1.12. The predicted octanol–water partition coefficient (Wildman–Crippen LogP) is 1.27. The van der Waals surface area contributed by atoms with Gasteiger partial charge in [0.15, 0.2) is 0 Å². The molecule has 1 heterocycles. The van der Waals surface area contributed by atoms with Crippen LogP contribution < -0.4 is 11.1 Å². The maximum absolute atomic E-state index is 12.8. The van der Waals surface area contributed by atoms with E-state index in [4.69, 9.17) is 11.0 Å². The molecule has 0 bridgehead atoms. The summed E-state index contributed by atoms with van der Waals surface area (Å²) in [6, 6.07) is 4.92. The van der Waals surface area contributed by atoms with Gasteiger partial charge in [0.25, 0.3) is 5.92 Å². The van der Waals surface area contributed by atoms with Gasteiger partial charge in [0, 0.05) is 5.69 Å². The van der Waals surface area contributed by atoms with E-state index in [1.54, 1.807) is 13.0 Å². The first-order valence-corrected chi connectivity index (χ1v) is 4.67. The molecule has 3 N–H and O–H groups in total. The highest BCUT2D eigenvalue weighted by Gasteiger charge is 2.26. The van der Waals surface area contributed by atoms with Gasteiger partial charge < -0.3 is 11.1 Å². The number of anilines is 1. The summed E-state index contributed by atoms with van der Waals surface area (Å²) in [6.45, 7) is 0.370. The third-order valence-corrected chi connectivity index (χ3v) is 1.91. The molecule has 0 spiro atoms. The second kappa shape index (κ2) is 4.86. The zero-order valence-corrected chi connectivity index (χ0v) is 8.80. The van der Waals surface area contributed by atoms with Crippen molar-refractivity contribution in [2.75, 3.05) is 18.4 Å². The number of aryl methyl sites for hydroxylation is 1. The maximum Gasteiger partial charge on any atom is 0.276 e. The topological polar surface area (TPSA) is 74.7 Å². The third-order valence-electron chi connectivity index (χ3n) is 1.91. The fraction of sp³-hybridized carbons (Fsp3) is 0.400. The van der Waals surface area contributed by atoms with Crippen LogP contribution in [0.25, 0.3) is 0 Å². The SMILES string of the molecule is Cc1cc(C#N)cc(NCC(F)(F)CN)n1. The van der Waals surface area contributed by atoms with Gasteiger partial charge in [0.2, 0.25) is 0 Å². The smallest absolute Gasteiger partial charge is 0.276 e. The molecule has 0 saturated heterocycles. The molecule has 1 rings (SSSR count). The van der Waals surface area contributed by atoms with Crippen LogP contribution in [-0.4, -0.2) is 24.0 Å². The number of nitrogens with zero attached hydrogens (tertiary/aromatic N) is 2. The minimum absolute atomic E-state index is 0.254. The number of nitriles is 1. The van der Waals surface area contributed by atoms with Crippen LogP contribution in [0, 0.1) is 18.3 Å². The van der Waals surface area contributed by atoms with E-state index in [0.29, 0.717) is 11.3 Å². The number of pyridine rings is 1. The molecule has 86 valence electrons. The summed E-state index contributed by atoms with van der Waals surface area (Å²) in [6.07, 6.45) is 0. The van der Waals surface area contributed by atoms with Crippen LogP contribution in [0.15, 0.2) is 12.1 Å². The third kappa shape index (κ3) is 3.44. The molecule has 0 aliphatic heterocycles. The van der Waals surface area contributed by atoms with Crippen LogP contribution in [-0.2, 0) is 0 Å². The largest absolute Gasteiger partial charge is 0.364 e. The number of halogens is 2. The quantitative estimate of drug-likeness (QED) is 0.810. The van der Waals surface area contributed by atoms with Crippen LogP contribution in [0.2, 0.25) is 0 Å². The van der Waals surface area contributed by atoms with E-state index in [1.165, 1.54) is 6.07 Å². The standard InChI is InChI=1S/C10H12F2N4/c1-7-2-8(4-13)3-9(16-7)15-6-10(11,12)5-14/h2-3H,5-6,14H2,1H3,(H,15,16). The number of hydrogen-bond donors (Lipinski definition) is 2. The number of hydrogen-bond acceptors (Lipinski definition) is 4. The average Bonchev–Trinajstić information content (AvgIpc) is 2.26. The van der Waals surface area contributed by atoms with Gasteiger partial charge in [-0.25, -0.2) is 13.8 Å². The molecule has 0 fully saturated rings. The average molecular weight is 226 g/mol. The first kappa shape index (κ1) is 12.3. The summed E-state index contributed by atoms with van der Waals surface area (Å²) in [5.41, 5.74) is 5.87. The lowest BCUT2D eigenvalue weighted by Crippen LogP contribution is -2.35. The molecule has 0 atom stereocenters. The Morgan fingerprint density at radius 3 is 2.81 bits per heavy atom. The van der Waals surface area contributed by atoms with Crippen LogP contribution in [0.3, 0.4) is 0 Å². The van der Waals surface area contributed by atoms with E-state index in [9.17, 15) is 8.78 Å². The Kier molecular flexibility index (Phi) is 3.74. The van der Waals surface area contributed by atoms with Crippen molar-refractivity contribution in [3.63, 3.8) is 0 Å².